The predicted octanol–water partition coefficient (Wildman–Crippen LogP) is 2.13. The van der Waals surface area contributed by atoms with E-state index in [0.29, 0.717) is 0 Å². The number of ether oxygens (including phenoxy) is 1. The van der Waals surface area contributed by atoms with Crippen LogP contribution in [0.25, 0.3) is 0 Å². The molecule has 0 aliphatic heterocycles. The summed E-state index contributed by atoms with van der Waals surface area (Å²) in [6.45, 7) is 0.202. The SMILES string of the molecule is COc1ccc(C(CO)CSC)cc1. The van der Waals surface area contributed by atoms with Gasteiger partial charge in [-0.1, -0.05) is 12.1 Å². The third kappa shape index (κ3) is 2.93. The Balaban J connectivity index is 2.73. The first-order valence-corrected chi connectivity index (χ1v) is 5.95. The molecule has 0 saturated heterocycles. The largest absolute Gasteiger partial charge is 0.497 e. The Kier molecular flexibility index (Phi) is 4.84. The second kappa shape index (κ2) is 5.94. The fraction of sp³-hybridized carbons (Fsp3) is 0.455. The van der Waals surface area contributed by atoms with Gasteiger partial charge in [-0.05, 0) is 24.0 Å². The quantitative estimate of drug-likeness (QED) is 0.811. The molecule has 0 saturated carbocycles. The molecule has 0 aromatic heterocycles. The van der Waals surface area contributed by atoms with Gasteiger partial charge in [0.05, 0.1) is 13.7 Å². The molecule has 1 atom stereocenters. The zero-order valence-corrected chi connectivity index (χ0v) is 9.38. The van der Waals surface area contributed by atoms with Crippen molar-refractivity contribution < 1.29 is 9.84 Å². The molecule has 0 aliphatic rings. The van der Waals surface area contributed by atoms with Crippen molar-refractivity contribution in [2.24, 2.45) is 0 Å². The summed E-state index contributed by atoms with van der Waals surface area (Å²) < 4.78 is 5.07. The molecule has 0 radical (unpaired) electrons. The van der Waals surface area contributed by atoms with Crippen molar-refractivity contribution in [3.63, 3.8) is 0 Å². The van der Waals surface area contributed by atoms with Gasteiger partial charge in [-0.3, -0.25) is 0 Å². The van der Waals surface area contributed by atoms with Gasteiger partial charge in [-0.15, -0.1) is 0 Å². The monoisotopic (exact) mass is 212 g/mol. The molecule has 0 spiro atoms. The Labute approximate surface area is 89.3 Å². The standard InChI is InChI=1S/C11H16O2S/c1-13-11-5-3-9(4-6-11)10(7-12)8-14-2/h3-6,10,12H,7-8H2,1-2H3. The van der Waals surface area contributed by atoms with Gasteiger partial charge in [0.2, 0.25) is 0 Å². The summed E-state index contributed by atoms with van der Waals surface area (Å²) in [6, 6.07) is 7.88. The molecular weight excluding hydrogens is 196 g/mol. The number of rotatable bonds is 5. The minimum atomic E-state index is 0.202. The predicted molar refractivity (Wildman–Crippen MR) is 61.2 cm³/mol. The summed E-state index contributed by atoms with van der Waals surface area (Å²) >= 11 is 1.75. The molecule has 1 N–H and O–H groups in total. The molecule has 3 heteroatoms. The maximum atomic E-state index is 9.19. The summed E-state index contributed by atoms with van der Waals surface area (Å²) in [5.41, 5.74) is 1.17. The Morgan fingerprint density at radius 2 is 2.00 bits per heavy atom. The van der Waals surface area contributed by atoms with E-state index < -0.39 is 0 Å². The van der Waals surface area contributed by atoms with Crippen LogP contribution in [0.2, 0.25) is 0 Å². The number of thioether (sulfide) groups is 1. The zero-order chi connectivity index (χ0) is 10.4. The lowest BCUT2D eigenvalue weighted by Gasteiger charge is -2.13. The summed E-state index contributed by atoms with van der Waals surface area (Å²) in [5, 5.41) is 9.19. The van der Waals surface area contributed by atoms with Gasteiger partial charge in [0.1, 0.15) is 5.75 Å². The number of aliphatic hydroxyl groups excluding tert-OH is 1. The van der Waals surface area contributed by atoms with Crippen molar-refractivity contribution in [2.75, 3.05) is 25.7 Å². The van der Waals surface area contributed by atoms with Crippen molar-refractivity contribution in [3.05, 3.63) is 29.8 Å². The molecular formula is C11H16O2S. The molecule has 14 heavy (non-hydrogen) atoms. The van der Waals surface area contributed by atoms with Crippen LogP contribution < -0.4 is 4.74 Å². The molecule has 0 aliphatic carbocycles. The van der Waals surface area contributed by atoms with E-state index in [1.54, 1.807) is 18.9 Å². The van der Waals surface area contributed by atoms with Crippen molar-refractivity contribution in [2.45, 2.75) is 5.92 Å². The molecule has 78 valence electrons. The molecule has 2 nitrogen and oxygen atoms in total. The van der Waals surface area contributed by atoms with Gasteiger partial charge < -0.3 is 9.84 Å². The molecule has 0 heterocycles. The van der Waals surface area contributed by atoms with Gasteiger partial charge in [0, 0.05) is 11.7 Å². The average Bonchev–Trinajstić information content (AvgIpc) is 2.26. The Bertz CT molecular complexity index is 258. The van der Waals surface area contributed by atoms with E-state index in [1.165, 1.54) is 5.56 Å². The first-order chi connectivity index (χ1) is 6.81. The number of aliphatic hydroxyl groups is 1. The first kappa shape index (κ1) is 11.4. The van der Waals surface area contributed by atoms with Crippen LogP contribution in [0.1, 0.15) is 11.5 Å². The van der Waals surface area contributed by atoms with Crippen LogP contribution >= 0.6 is 11.8 Å². The summed E-state index contributed by atoms with van der Waals surface area (Å²) in [4.78, 5) is 0. The van der Waals surface area contributed by atoms with E-state index in [0.717, 1.165) is 11.5 Å². The molecule has 1 aromatic carbocycles. The summed E-state index contributed by atoms with van der Waals surface area (Å²) in [5.74, 6) is 2.04. The Hall–Kier alpha value is -0.670. The maximum Gasteiger partial charge on any atom is 0.118 e. The second-order valence-corrected chi connectivity index (χ2v) is 4.02. The van der Waals surface area contributed by atoms with E-state index in [2.05, 4.69) is 0 Å². The number of hydrogen-bond acceptors (Lipinski definition) is 3. The highest BCUT2D eigenvalue weighted by Crippen LogP contribution is 2.21. The van der Waals surface area contributed by atoms with E-state index in [9.17, 15) is 5.11 Å². The topological polar surface area (TPSA) is 29.5 Å². The van der Waals surface area contributed by atoms with Crippen LogP contribution in [-0.2, 0) is 0 Å². The highest BCUT2D eigenvalue weighted by Gasteiger charge is 2.09. The molecule has 1 unspecified atom stereocenters. The van der Waals surface area contributed by atoms with Gasteiger partial charge in [-0.2, -0.15) is 11.8 Å². The number of hydrogen-bond donors (Lipinski definition) is 1. The third-order valence-corrected chi connectivity index (χ3v) is 2.91. The number of benzene rings is 1. The molecule has 0 bridgehead atoms. The lowest BCUT2D eigenvalue weighted by atomic mass is 10.0. The van der Waals surface area contributed by atoms with Crippen molar-refractivity contribution in [1.29, 1.82) is 0 Å². The van der Waals surface area contributed by atoms with E-state index >= 15 is 0 Å². The van der Waals surface area contributed by atoms with E-state index in [4.69, 9.17) is 4.74 Å². The van der Waals surface area contributed by atoms with Gasteiger partial charge in [-0.25, -0.2) is 0 Å². The van der Waals surface area contributed by atoms with Crippen LogP contribution in [0, 0.1) is 0 Å². The zero-order valence-electron chi connectivity index (χ0n) is 8.56. The summed E-state index contributed by atoms with van der Waals surface area (Å²) in [7, 11) is 1.65. The Morgan fingerprint density at radius 3 is 2.43 bits per heavy atom. The van der Waals surface area contributed by atoms with Crippen LogP contribution in [0.5, 0.6) is 5.75 Å². The first-order valence-electron chi connectivity index (χ1n) is 4.55. The van der Waals surface area contributed by atoms with Crippen molar-refractivity contribution in [3.8, 4) is 5.75 Å². The minimum Gasteiger partial charge on any atom is -0.497 e. The van der Waals surface area contributed by atoms with Crippen LogP contribution in [0.4, 0.5) is 0 Å². The lowest BCUT2D eigenvalue weighted by Crippen LogP contribution is -2.06. The fourth-order valence-electron chi connectivity index (χ4n) is 1.33. The Morgan fingerprint density at radius 1 is 1.36 bits per heavy atom. The highest BCUT2D eigenvalue weighted by atomic mass is 32.2. The fourth-order valence-corrected chi connectivity index (χ4v) is 2.03. The molecule has 1 aromatic rings. The van der Waals surface area contributed by atoms with Gasteiger partial charge in [0.25, 0.3) is 0 Å². The van der Waals surface area contributed by atoms with Crippen molar-refractivity contribution in [1.82, 2.24) is 0 Å². The van der Waals surface area contributed by atoms with Crippen LogP contribution in [0.3, 0.4) is 0 Å². The molecule has 0 amide bonds. The molecule has 1 rings (SSSR count). The minimum absolute atomic E-state index is 0.202. The van der Waals surface area contributed by atoms with E-state index in [-0.39, 0.29) is 12.5 Å². The normalized spacial score (nSPS) is 12.5. The third-order valence-electron chi connectivity index (χ3n) is 2.18. The van der Waals surface area contributed by atoms with Crippen LogP contribution in [0.15, 0.2) is 24.3 Å². The lowest BCUT2D eigenvalue weighted by molar-refractivity contribution is 0.275. The van der Waals surface area contributed by atoms with Crippen LogP contribution in [-0.4, -0.2) is 30.8 Å². The molecule has 0 fully saturated rings. The van der Waals surface area contributed by atoms with Gasteiger partial charge >= 0.3 is 0 Å². The van der Waals surface area contributed by atoms with Crippen molar-refractivity contribution >= 4 is 11.8 Å². The average molecular weight is 212 g/mol. The maximum absolute atomic E-state index is 9.19. The van der Waals surface area contributed by atoms with E-state index in [1.807, 2.05) is 30.5 Å². The summed E-state index contributed by atoms with van der Waals surface area (Å²) in [6.07, 6.45) is 2.05. The van der Waals surface area contributed by atoms with Gasteiger partial charge in [0.15, 0.2) is 0 Å². The second-order valence-electron chi connectivity index (χ2n) is 3.11. The smallest absolute Gasteiger partial charge is 0.118 e. The highest BCUT2D eigenvalue weighted by molar-refractivity contribution is 7.98. The number of methoxy groups -OCH3 is 1.